The molecule has 2 rings (SSSR count). The zero-order valence-electron chi connectivity index (χ0n) is 12.8. The lowest BCUT2D eigenvalue weighted by molar-refractivity contribution is 0.0695. The SMILES string of the molecule is CCc1ccc(OCCOc2ccc(C)c(C(=O)O)c2)cc1. The average molecular weight is 300 g/mol. The van der Waals surface area contributed by atoms with E-state index < -0.39 is 5.97 Å². The Bertz CT molecular complexity index is 632. The lowest BCUT2D eigenvalue weighted by Crippen LogP contribution is -2.09. The molecule has 4 nitrogen and oxygen atoms in total. The Kier molecular flexibility index (Phi) is 5.42. The molecule has 0 aliphatic carbocycles. The minimum absolute atomic E-state index is 0.258. The highest BCUT2D eigenvalue weighted by atomic mass is 16.5. The molecule has 0 bridgehead atoms. The Morgan fingerprint density at radius 1 is 1.00 bits per heavy atom. The molecule has 0 saturated carbocycles. The number of carboxylic acid groups (broad SMARTS) is 1. The van der Waals surface area contributed by atoms with Gasteiger partial charge in [0, 0.05) is 0 Å². The van der Waals surface area contributed by atoms with Crippen LogP contribution in [0.2, 0.25) is 0 Å². The summed E-state index contributed by atoms with van der Waals surface area (Å²) in [4.78, 5) is 11.1. The number of benzene rings is 2. The quantitative estimate of drug-likeness (QED) is 0.792. The molecule has 0 radical (unpaired) electrons. The maximum atomic E-state index is 11.1. The Morgan fingerprint density at radius 3 is 2.18 bits per heavy atom. The van der Waals surface area contributed by atoms with E-state index in [4.69, 9.17) is 14.6 Å². The van der Waals surface area contributed by atoms with Crippen LogP contribution in [0.15, 0.2) is 42.5 Å². The van der Waals surface area contributed by atoms with E-state index in [1.54, 1.807) is 19.1 Å². The average Bonchev–Trinajstić information content (AvgIpc) is 2.53. The van der Waals surface area contributed by atoms with Gasteiger partial charge in [-0.25, -0.2) is 4.79 Å². The van der Waals surface area contributed by atoms with Gasteiger partial charge in [-0.2, -0.15) is 0 Å². The maximum absolute atomic E-state index is 11.1. The van der Waals surface area contributed by atoms with Crippen LogP contribution in [-0.4, -0.2) is 24.3 Å². The first kappa shape index (κ1) is 15.9. The summed E-state index contributed by atoms with van der Waals surface area (Å²) >= 11 is 0. The number of rotatable bonds is 7. The summed E-state index contributed by atoms with van der Waals surface area (Å²) in [6, 6.07) is 13.0. The van der Waals surface area contributed by atoms with E-state index in [0.717, 1.165) is 12.2 Å². The summed E-state index contributed by atoms with van der Waals surface area (Å²) < 4.78 is 11.1. The van der Waals surface area contributed by atoms with Crippen molar-refractivity contribution in [1.29, 1.82) is 0 Å². The van der Waals surface area contributed by atoms with Crippen molar-refractivity contribution >= 4 is 5.97 Å². The van der Waals surface area contributed by atoms with Crippen molar-refractivity contribution in [2.45, 2.75) is 20.3 Å². The molecule has 0 heterocycles. The third kappa shape index (κ3) is 4.25. The van der Waals surface area contributed by atoms with E-state index in [1.807, 2.05) is 24.3 Å². The van der Waals surface area contributed by atoms with Crippen molar-refractivity contribution in [3.63, 3.8) is 0 Å². The van der Waals surface area contributed by atoms with Crippen molar-refractivity contribution in [3.8, 4) is 11.5 Å². The number of ether oxygens (including phenoxy) is 2. The Morgan fingerprint density at radius 2 is 1.59 bits per heavy atom. The van der Waals surface area contributed by atoms with Crippen molar-refractivity contribution in [1.82, 2.24) is 0 Å². The molecule has 2 aromatic rings. The molecule has 0 fully saturated rings. The third-order valence-corrected chi connectivity index (χ3v) is 3.39. The van der Waals surface area contributed by atoms with Gasteiger partial charge in [0.25, 0.3) is 0 Å². The van der Waals surface area contributed by atoms with Gasteiger partial charge in [-0.15, -0.1) is 0 Å². The minimum atomic E-state index is -0.949. The second kappa shape index (κ2) is 7.50. The molecular formula is C18H20O4. The largest absolute Gasteiger partial charge is 0.490 e. The van der Waals surface area contributed by atoms with E-state index in [9.17, 15) is 4.79 Å². The zero-order valence-corrected chi connectivity index (χ0v) is 12.8. The summed E-state index contributed by atoms with van der Waals surface area (Å²) in [7, 11) is 0. The number of aryl methyl sites for hydroxylation is 2. The summed E-state index contributed by atoms with van der Waals surface area (Å²) in [6.45, 7) is 4.63. The summed E-state index contributed by atoms with van der Waals surface area (Å²) in [5.74, 6) is 0.388. The molecule has 0 aliphatic rings. The number of hydrogen-bond donors (Lipinski definition) is 1. The van der Waals surface area contributed by atoms with Crippen LogP contribution in [0.4, 0.5) is 0 Å². The van der Waals surface area contributed by atoms with Gasteiger partial charge in [0.05, 0.1) is 5.56 Å². The van der Waals surface area contributed by atoms with Crippen molar-refractivity contribution in [2.75, 3.05) is 13.2 Å². The van der Waals surface area contributed by atoms with E-state index in [0.29, 0.717) is 24.5 Å². The van der Waals surface area contributed by atoms with Crippen molar-refractivity contribution in [3.05, 3.63) is 59.2 Å². The fourth-order valence-corrected chi connectivity index (χ4v) is 2.06. The Labute approximate surface area is 130 Å². The lowest BCUT2D eigenvalue weighted by Gasteiger charge is -2.10. The maximum Gasteiger partial charge on any atom is 0.336 e. The fourth-order valence-electron chi connectivity index (χ4n) is 2.06. The predicted octanol–water partition coefficient (Wildman–Crippen LogP) is 3.71. The summed E-state index contributed by atoms with van der Waals surface area (Å²) in [6.07, 6.45) is 1.00. The number of carboxylic acids is 1. The predicted molar refractivity (Wildman–Crippen MR) is 84.9 cm³/mol. The lowest BCUT2D eigenvalue weighted by atomic mass is 10.1. The van der Waals surface area contributed by atoms with E-state index in [-0.39, 0.29) is 5.56 Å². The molecule has 116 valence electrons. The topological polar surface area (TPSA) is 55.8 Å². The molecule has 0 amide bonds. The summed E-state index contributed by atoms with van der Waals surface area (Å²) in [5.41, 5.74) is 2.24. The van der Waals surface area contributed by atoms with Gasteiger partial charge in [0.15, 0.2) is 0 Å². The first-order valence-electron chi connectivity index (χ1n) is 7.28. The molecule has 0 saturated heterocycles. The van der Waals surface area contributed by atoms with E-state index in [2.05, 4.69) is 6.92 Å². The second-order valence-electron chi connectivity index (χ2n) is 4.98. The molecule has 0 atom stereocenters. The fraction of sp³-hybridized carbons (Fsp3) is 0.278. The molecular weight excluding hydrogens is 280 g/mol. The van der Waals surface area contributed by atoms with Gasteiger partial charge in [-0.1, -0.05) is 25.1 Å². The number of hydrogen-bond acceptors (Lipinski definition) is 3. The molecule has 0 aromatic heterocycles. The van der Waals surface area contributed by atoms with Crippen LogP contribution < -0.4 is 9.47 Å². The van der Waals surface area contributed by atoms with E-state index in [1.165, 1.54) is 11.6 Å². The minimum Gasteiger partial charge on any atom is -0.490 e. The van der Waals surface area contributed by atoms with Crippen molar-refractivity contribution < 1.29 is 19.4 Å². The highest BCUT2D eigenvalue weighted by Crippen LogP contribution is 2.18. The first-order chi connectivity index (χ1) is 10.6. The van der Waals surface area contributed by atoms with Crippen molar-refractivity contribution in [2.24, 2.45) is 0 Å². The van der Waals surface area contributed by atoms with Gasteiger partial charge >= 0.3 is 5.97 Å². The molecule has 0 spiro atoms. The number of carbonyl (C=O) groups is 1. The standard InChI is InChI=1S/C18H20O4/c1-3-14-5-8-15(9-6-14)21-10-11-22-16-7-4-13(2)17(12-16)18(19)20/h4-9,12H,3,10-11H2,1-2H3,(H,19,20). The van der Waals surface area contributed by atoms with Crippen LogP contribution in [0.1, 0.15) is 28.4 Å². The zero-order chi connectivity index (χ0) is 15.9. The van der Waals surface area contributed by atoms with Crippen LogP contribution >= 0.6 is 0 Å². The summed E-state index contributed by atoms with van der Waals surface area (Å²) in [5, 5.41) is 9.07. The third-order valence-electron chi connectivity index (χ3n) is 3.39. The molecule has 2 aromatic carbocycles. The van der Waals surface area contributed by atoms with Gasteiger partial charge in [0.1, 0.15) is 24.7 Å². The Hall–Kier alpha value is -2.49. The van der Waals surface area contributed by atoms with Crippen LogP contribution in [0.5, 0.6) is 11.5 Å². The van der Waals surface area contributed by atoms with Crippen LogP contribution in [-0.2, 0) is 6.42 Å². The molecule has 4 heteroatoms. The second-order valence-corrected chi connectivity index (χ2v) is 4.98. The number of aromatic carboxylic acids is 1. The highest BCUT2D eigenvalue weighted by Gasteiger charge is 2.08. The highest BCUT2D eigenvalue weighted by molar-refractivity contribution is 5.89. The molecule has 1 N–H and O–H groups in total. The van der Waals surface area contributed by atoms with Gasteiger partial charge in [0.2, 0.25) is 0 Å². The normalized spacial score (nSPS) is 10.3. The van der Waals surface area contributed by atoms with Crippen LogP contribution in [0, 0.1) is 6.92 Å². The van der Waals surface area contributed by atoms with Crippen LogP contribution in [0.25, 0.3) is 0 Å². The first-order valence-corrected chi connectivity index (χ1v) is 7.28. The van der Waals surface area contributed by atoms with Crippen LogP contribution in [0.3, 0.4) is 0 Å². The monoisotopic (exact) mass is 300 g/mol. The van der Waals surface area contributed by atoms with Gasteiger partial charge in [-0.05, 0) is 48.7 Å². The molecule has 0 aliphatic heterocycles. The molecule has 22 heavy (non-hydrogen) atoms. The van der Waals surface area contributed by atoms with Gasteiger partial charge < -0.3 is 14.6 Å². The van der Waals surface area contributed by atoms with Gasteiger partial charge in [-0.3, -0.25) is 0 Å². The Balaban J connectivity index is 1.83. The molecule has 0 unspecified atom stereocenters. The smallest absolute Gasteiger partial charge is 0.336 e. The van der Waals surface area contributed by atoms with E-state index >= 15 is 0 Å².